The van der Waals surface area contributed by atoms with Gasteiger partial charge in [-0.05, 0) is 90.9 Å². The molecule has 41 heavy (non-hydrogen) atoms. The second-order valence-electron chi connectivity index (χ2n) is 11.9. The number of aromatic nitrogens is 3. The normalized spacial score (nSPS) is 16.0. The highest BCUT2D eigenvalue weighted by molar-refractivity contribution is 6.26. The third kappa shape index (κ3) is 3.12. The molecule has 0 radical (unpaired) electrons. The highest BCUT2D eigenvalue weighted by Crippen LogP contribution is 2.58. The number of benzene rings is 3. The Bertz CT molecular complexity index is 2110. The molecule has 3 heteroatoms. The number of para-hydroxylation sites is 2. The summed E-state index contributed by atoms with van der Waals surface area (Å²) in [7, 11) is 0. The van der Waals surface area contributed by atoms with Gasteiger partial charge >= 0.3 is 0 Å². The Hall–Kier alpha value is -4.63. The Morgan fingerprint density at radius 1 is 0.854 bits per heavy atom. The maximum atomic E-state index is 4.57. The quantitative estimate of drug-likeness (QED) is 0.223. The number of aryl methyl sites for hydroxylation is 1. The Morgan fingerprint density at radius 2 is 1.63 bits per heavy atom. The minimum Gasteiger partial charge on any atom is -0.309 e. The molecule has 2 aliphatic carbocycles. The topological polar surface area (TPSA) is 22.8 Å². The van der Waals surface area contributed by atoms with E-state index in [0.717, 1.165) is 18.5 Å². The highest BCUT2D eigenvalue weighted by Gasteiger charge is 2.43. The molecule has 0 bridgehead atoms. The van der Waals surface area contributed by atoms with Crippen molar-refractivity contribution in [2.75, 3.05) is 0 Å². The van der Waals surface area contributed by atoms with Crippen molar-refractivity contribution in [1.82, 2.24) is 14.1 Å². The van der Waals surface area contributed by atoms with Crippen LogP contribution in [0.3, 0.4) is 0 Å². The van der Waals surface area contributed by atoms with Crippen molar-refractivity contribution in [1.29, 1.82) is 0 Å². The van der Waals surface area contributed by atoms with Crippen LogP contribution >= 0.6 is 0 Å². The van der Waals surface area contributed by atoms with Crippen LogP contribution in [0.2, 0.25) is 0 Å². The fraction of sp³-hybridized carbons (Fsp3) is 0.184. The molecule has 8 rings (SSSR count). The fourth-order valence-corrected chi connectivity index (χ4v) is 7.72. The Morgan fingerprint density at radius 3 is 2.41 bits per heavy atom. The summed E-state index contributed by atoms with van der Waals surface area (Å²) in [5, 5.41) is 4.04. The number of rotatable bonds is 3. The molecule has 0 N–H and O–H groups in total. The van der Waals surface area contributed by atoms with E-state index in [4.69, 9.17) is 0 Å². The van der Waals surface area contributed by atoms with Gasteiger partial charge in [-0.25, -0.2) is 0 Å². The maximum Gasteiger partial charge on any atom is 0.0645 e. The first-order valence-corrected chi connectivity index (χ1v) is 14.7. The van der Waals surface area contributed by atoms with Gasteiger partial charge in [0, 0.05) is 39.2 Å². The van der Waals surface area contributed by atoms with E-state index >= 15 is 0 Å². The van der Waals surface area contributed by atoms with Gasteiger partial charge in [0.25, 0.3) is 0 Å². The molecular weight excluding hydrogens is 498 g/mol. The van der Waals surface area contributed by atoms with Gasteiger partial charge in [-0.1, -0.05) is 68.5 Å². The molecule has 0 aliphatic heterocycles. The molecule has 3 heterocycles. The Labute approximate surface area is 240 Å². The third-order valence-corrected chi connectivity index (χ3v) is 9.32. The summed E-state index contributed by atoms with van der Waals surface area (Å²) in [5.41, 5.74) is 14.4. The van der Waals surface area contributed by atoms with E-state index in [9.17, 15) is 0 Å². The first-order chi connectivity index (χ1) is 20.0. The van der Waals surface area contributed by atoms with Crippen LogP contribution < -0.4 is 0 Å². The van der Waals surface area contributed by atoms with Crippen LogP contribution in [0, 0.1) is 6.92 Å². The lowest BCUT2D eigenvalue weighted by Gasteiger charge is -2.26. The van der Waals surface area contributed by atoms with E-state index < -0.39 is 0 Å². The van der Waals surface area contributed by atoms with E-state index in [2.05, 4.69) is 127 Å². The van der Waals surface area contributed by atoms with E-state index in [-0.39, 0.29) is 5.41 Å². The smallest absolute Gasteiger partial charge is 0.0645 e. The van der Waals surface area contributed by atoms with E-state index in [0.29, 0.717) is 0 Å². The zero-order valence-electron chi connectivity index (χ0n) is 24.1. The van der Waals surface area contributed by atoms with Crippen LogP contribution in [-0.4, -0.2) is 14.1 Å². The SMILES string of the molecule is C/C=C\c1c(C)c2c(c3c(c4c5ccccc5n(-c5ccccc5)c42)C2=C(C=CCC2)C3(C)C)n1-c1cccnc1. The predicted octanol–water partition coefficient (Wildman–Crippen LogP) is 9.86. The van der Waals surface area contributed by atoms with Crippen molar-refractivity contribution in [3.05, 3.63) is 125 Å². The number of allylic oxidation sites excluding steroid dienone is 5. The molecule has 0 amide bonds. The highest BCUT2D eigenvalue weighted by atomic mass is 15.0. The average molecular weight is 532 g/mol. The van der Waals surface area contributed by atoms with Gasteiger partial charge in [-0.15, -0.1) is 0 Å². The van der Waals surface area contributed by atoms with Crippen LogP contribution in [0.15, 0.2) is 103 Å². The van der Waals surface area contributed by atoms with Gasteiger partial charge in [-0.3, -0.25) is 4.98 Å². The zero-order chi connectivity index (χ0) is 27.9. The molecule has 0 fully saturated rings. The lowest BCUT2D eigenvalue weighted by atomic mass is 9.79. The monoisotopic (exact) mass is 531 g/mol. The van der Waals surface area contributed by atoms with Gasteiger partial charge in [-0.2, -0.15) is 0 Å². The molecule has 0 saturated heterocycles. The number of hydrogen-bond donors (Lipinski definition) is 0. The largest absolute Gasteiger partial charge is 0.309 e. The molecule has 0 spiro atoms. The summed E-state index contributed by atoms with van der Waals surface area (Å²) in [6.45, 7) is 9.27. The lowest BCUT2D eigenvalue weighted by Crippen LogP contribution is -2.18. The first kappa shape index (κ1) is 24.2. The van der Waals surface area contributed by atoms with Crippen molar-refractivity contribution < 1.29 is 0 Å². The van der Waals surface area contributed by atoms with Crippen LogP contribution in [0.25, 0.3) is 55.7 Å². The van der Waals surface area contributed by atoms with Gasteiger partial charge in [0.1, 0.15) is 0 Å². The minimum atomic E-state index is -0.137. The van der Waals surface area contributed by atoms with Gasteiger partial charge in [0.2, 0.25) is 0 Å². The summed E-state index contributed by atoms with van der Waals surface area (Å²) >= 11 is 0. The molecule has 3 aromatic carbocycles. The van der Waals surface area contributed by atoms with Gasteiger partial charge in [0.15, 0.2) is 0 Å². The molecule has 2 aliphatic rings. The molecule has 6 aromatic rings. The van der Waals surface area contributed by atoms with Crippen molar-refractivity contribution in [2.24, 2.45) is 0 Å². The number of hydrogen-bond acceptors (Lipinski definition) is 1. The van der Waals surface area contributed by atoms with Crippen molar-refractivity contribution in [2.45, 2.75) is 46.0 Å². The minimum absolute atomic E-state index is 0.137. The number of fused-ring (bicyclic) bond motifs is 9. The molecule has 200 valence electrons. The van der Waals surface area contributed by atoms with E-state index in [1.54, 1.807) is 0 Å². The molecule has 0 saturated carbocycles. The summed E-state index contributed by atoms with van der Waals surface area (Å²) in [6.07, 6.45) is 15.2. The van der Waals surface area contributed by atoms with Crippen molar-refractivity contribution >= 4 is 44.4 Å². The molecular formula is C38H33N3. The predicted molar refractivity (Wildman–Crippen MR) is 173 cm³/mol. The van der Waals surface area contributed by atoms with Crippen LogP contribution in [0.1, 0.15) is 56.0 Å². The summed E-state index contributed by atoms with van der Waals surface area (Å²) in [5.74, 6) is 0. The van der Waals surface area contributed by atoms with Crippen molar-refractivity contribution in [3.8, 4) is 11.4 Å². The first-order valence-electron chi connectivity index (χ1n) is 14.7. The standard InChI is InChI=1S/C38H33N3/c1-5-14-30-24(2)32-36-34(28-19-10-12-21-31(28)40(36)25-15-7-6-8-16-25)33-27-18-9-11-20-29(27)38(3,4)35(33)37(32)41(30)26-17-13-22-39-23-26/h5-8,10-17,19-23H,9,18H2,1-4H3/b14-5-. The summed E-state index contributed by atoms with van der Waals surface area (Å²) in [4.78, 5) is 4.57. The van der Waals surface area contributed by atoms with Crippen molar-refractivity contribution in [3.63, 3.8) is 0 Å². The third-order valence-electron chi connectivity index (χ3n) is 9.32. The average Bonchev–Trinajstić information content (AvgIpc) is 3.58. The fourth-order valence-electron chi connectivity index (χ4n) is 7.72. The number of pyridine rings is 1. The van der Waals surface area contributed by atoms with E-state index in [1.807, 2.05) is 18.5 Å². The molecule has 3 nitrogen and oxygen atoms in total. The van der Waals surface area contributed by atoms with Gasteiger partial charge in [0.05, 0.1) is 28.4 Å². The lowest BCUT2D eigenvalue weighted by molar-refractivity contribution is 0.655. The molecule has 3 aromatic heterocycles. The maximum absolute atomic E-state index is 4.57. The van der Waals surface area contributed by atoms with Crippen LogP contribution in [-0.2, 0) is 5.41 Å². The number of nitrogens with zero attached hydrogens (tertiary/aromatic N) is 3. The molecule has 0 atom stereocenters. The zero-order valence-corrected chi connectivity index (χ0v) is 24.1. The second kappa shape index (κ2) is 8.68. The second-order valence-corrected chi connectivity index (χ2v) is 11.9. The summed E-state index contributed by atoms with van der Waals surface area (Å²) < 4.78 is 4.99. The molecule has 0 unspecified atom stereocenters. The Kier molecular flexibility index (Phi) is 5.12. The van der Waals surface area contributed by atoms with Crippen LogP contribution in [0.4, 0.5) is 0 Å². The summed E-state index contributed by atoms with van der Waals surface area (Å²) in [6, 6.07) is 24.1. The van der Waals surface area contributed by atoms with E-state index in [1.165, 1.54) is 71.9 Å². The Balaban J connectivity index is 1.73. The van der Waals surface area contributed by atoms with Crippen LogP contribution in [0.5, 0.6) is 0 Å². The van der Waals surface area contributed by atoms with Gasteiger partial charge < -0.3 is 9.13 Å².